The molecule has 1 atom stereocenters. The maximum Gasteiger partial charge on any atom is 0.326 e. The predicted molar refractivity (Wildman–Crippen MR) is 71.8 cm³/mol. The second-order valence-electron chi connectivity index (χ2n) is 4.44. The Labute approximate surface area is 116 Å². The van der Waals surface area contributed by atoms with Crippen LogP contribution in [0.4, 0.5) is 10.5 Å². The van der Waals surface area contributed by atoms with E-state index in [9.17, 15) is 9.59 Å². The van der Waals surface area contributed by atoms with Gasteiger partial charge in [-0.2, -0.15) is 0 Å². The van der Waals surface area contributed by atoms with Crippen LogP contribution in [0, 0.1) is 0 Å². The number of anilines is 1. The number of carboxylic acids is 1. The summed E-state index contributed by atoms with van der Waals surface area (Å²) in [4.78, 5) is 28.4. The molecule has 2 amide bonds. The topological polar surface area (TPSA) is 91.8 Å². The molecule has 0 radical (unpaired) electrons. The van der Waals surface area contributed by atoms with Crippen LogP contribution in [0.25, 0.3) is 0 Å². The van der Waals surface area contributed by atoms with Crippen molar-refractivity contribution in [3.8, 4) is 5.88 Å². The van der Waals surface area contributed by atoms with Crippen LogP contribution in [0.5, 0.6) is 5.88 Å². The van der Waals surface area contributed by atoms with Crippen LogP contribution >= 0.6 is 0 Å². The van der Waals surface area contributed by atoms with E-state index in [1.54, 1.807) is 12.1 Å². The van der Waals surface area contributed by atoms with E-state index in [0.29, 0.717) is 37.6 Å². The summed E-state index contributed by atoms with van der Waals surface area (Å²) in [6, 6.07) is 2.16. The van der Waals surface area contributed by atoms with E-state index in [1.165, 1.54) is 11.1 Å². The lowest BCUT2D eigenvalue weighted by Gasteiger charge is -2.21. The van der Waals surface area contributed by atoms with Gasteiger partial charge < -0.3 is 20.1 Å². The van der Waals surface area contributed by atoms with Gasteiger partial charge in [-0.05, 0) is 25.8 Å². The molecule has 7 nitrogen and oxygen atoms in total. The lowest BCUT2D eigenvalue weighted by Crippen LogP contribution is -2.42. The average Bonchev–Trinajstić information content (AvgIpc) is 2.91. The number of carboxylic acid groups (broad SMARTS) is 1. The summed E-state index contributed by atoms with van der Waals surface area (Å²) in [6.07, 6.45) is 2.67. The Morgan fingerprint density at radius 1 is 1.55 bits per heavy atom. The highest BCUT2D eigenvalue weighted by atomic mass is 16.5. The van der Waals surface area contributed by atoms with Gasteiger partial charge in [0, 0.05) is 12.6 Å². The van der Waals surface area contributed by atoms with Gasteiger partial charge in [-0.15, -0.1) is 0 Å². The number of ether oxygens (including phenoxy) is 1. The Bertz CT molecular complexity index is 489. The van der Waals surface area contributed by atoms with Crippen molar-refractivity contribution in [1.29, 1.82) is 0 Å². The van der Waals surface area contributed by atoms with Crippen molar-refractivity contribution in [1.82, 2.24) is 9.88 Å². The van der Waals surface area contributed by atoms with Gasteiger partial charge in [0.15, 0.2) is 0 Å². The molecule has 0 unspecified atom stereocenters. The summed E-state index contributed by atoms with van der Waals surface area (Å²) in [5, 5.41) is 11.7. The zero-order chi connectivity index (χ0) is 14.5. The smallest absolute Gasteiger partial charge is 0.326 e. The van der Waals surface area contributed by atoms with Crippen molar-refractivity contribution in [2.45, 2.75) is 25.8 Å². The molecule has 0 aliphatic carbocycles. The molecule has 2 heterocycles. The maximum absolute atomic E-state index is 12.0. The van der Waals surface area contributed by atoms with Gasteiger partial charge in [-0.1, -0.05) is 0 Å². The third-order valence-electron chi connectivity index (χ3n) is 3.08. The van der Waals surface area contributed by atoms with Crippen LogP contribution in [0.1, 0.15) is 19.8 Å². The van der Waals surface area contributed by atoms with E-state index in [4.69, 9.17) is 9.84 Å². The van der Waals surface area contributed by atoms with Crippen LogP contribution < -0.4 is 10.1 Å². The molecule has 108 valence electrons. The Morgan fingerprint density at radius 2 is 2.35 bits per heavy atom. The van der Waals surface area contributed by atoms with Gasteiger partial charge in [0.25, 0.3) is 0 Å². The monoisotopic (exact) mass is 279 g/mol. The molecular weight excluding hydrogens is 262 g/mol. The van der Waals surface area contributed by atoms with Crippen molar-refractivity contribution >= 4 is 17.7 Å². The minimum Gasteiger partial charge on any atom is -0.480 e. The highest BCUT2D eigenvalue weighted by molar-refractivity contribution is 5.92. The second kappa shape index (κ2) is 6.23. The van der Waals surface area contributed by atoms with Gasteiger partial charge >= 0.3 is 12.0 Å². The van der Waals surface area contributed by atoms with E-state index >= 15 is 0 Å². The molecule has 0 bridgehead atoms. The number of carbonyl (C=O) groups is 2. The molecule has 1 aromatic rings. The number of hydrogen-bond donors (Lipinski definition) is 2. The fraction of sp³-hybridized carbons (Fsp3) is 0.462. The van der Waals surface area contributed by atoms with E-state index in [0.717, 1.165) is 0 Å². The van der Waals surface area contributed by atoms with Crippen molar-refractivity contribution < 1.29 is 19.4 Å². The number of hydrogen-bond acceptors (Lipinski definition) is 4. The standard InChI is InChI=1S/C13H17N3O4/c1-2-20-11-6-5-9(8-14-11)15-13(19)16-7-3-4-10(16)12(17)18/h5-6,8,10H,2-4,7H2,1H3,(H,15,19)(H,17,18)/t10-/m0/s1. The highest BCUT2D eigenvalue weighted by Gasteiger charge is 2.33. The third-order valence-corrected chi connectivity index (χ3v) is 3.08. The molecular formula is C13H17N3O4. The summed E-state index contributed by atoms with van der Waals surface area (Å²) >= 11 is 0. The molecule has 2 rings (SSSR count). The normalized spacial score (nSPS) is 17.9. The third kappa shape index (κ3) is 3.17. The Balaban J connectivity index is 1.98. The molecule has 1 aliphatic heterocycles. The lowest BCUT2D eigenvalue weighted by molar-refractivity contribution is -0.141. The van der Waals surface area contributed by atoms with E-state index in [1.807, 2.05) is 6.92 Å². The summed E-state index contributed by atoms with van der Waals surface area (Å²) in [5.41, 5.74) is 0.509. The van der Waals surface area contributed by atoms with Crippen molar-refractivity contribution in [2.75, 3.05) is 18.5 Å². The molecule has 0 aromatic carbocycles. The Kier molecular flexibility index (Phi) is 4.39. The van der Waals surface area contributed by atoms with Gasteiger partial charge in [0.2, 0.25) is 5.88 Å². The van der Waals surface area contributed by atoms with Crippen LogP contribution in [-0.4, -0.2) is 46.2 Å². The maximum atomic E-state index is 12.0. The number of carbonyl (C=O) groups excluding carboxylic acids is 1. The van der Waals surface area contributed by atoms with Crippen LogP contribution in [-0.2, 0) is 4.79 Å². The molecule has 0 saturated carbocycles. The zero-order valence-corrected chi connectivity index (χ0v) is 11.2. The first kappa shape index (κ1) is 14.1. The van der Waals surface area contributed by atoms with Crippen LogP contribution in [0.3, 0.4) is 0 Å². The summed E-state index contributed by atoms with van der Waals surface area (Å²) < 4.78 is 5.20. The number of nitrogens with zero attached hydrogens (tertiary/aromatic N) is 2. The first-order valence-electron chi connectivity index (χ1n) is 6.51. The number of pyridine rings is 1. The van der Waals surface area contributed by atoms with Gasteiger partial charge in [-0.25, -0.2) is 14.6 Å². The number of likely N-dealkylation sites (tertiary alicyclic amines) is 1. The average molecular weight is 279 g/mol. The molecule has 1 fully saturated rings. The molecule has 1 aromatic heterocycles. The van der Waals surface area contributed by atoms with Crippen LogP contribution in [0.2, 0.25) is 0 Å². The Morgan fingerprint density at radius 3 is 2.95 bits per heavy atom. The highest BCUT2D eigenvalue weighted by Crippen LogP contribution is 2.19. The molecule has 0 spiro atoms. The minimum atomic E-state index is -0.970. The number of nitrogens with one attached hydrogen (secondary N) is 1. The summed E-state index contributed by atoms with van der Waals surface area (Å²) in [7, 11) is 0. The van der Waals surface area contributed by atoms with E-state index in [2.05, 4.69) is 10.3 Å². The molecule has 20 heavy (non-hydrogen) atoms. The number of rotatable bonds is 4. The summed E-state index contributed by atoms with van der Waals surface area (Å²) in [5.74, 6) is -0.488. The summed E-state index contributed by atoms with van der Waals surface area (Å²) in [6.45, 7) is 2.83. The Hall–Kier alpha value is -2.31. The van der Waals surface area contributed by atoms with Crippen molar-refractivity contribution in [2.24, 2.45) is 0 Å². The molecule has 2 N–H and O–H groups in total. The van der Waals surface area contributed by atoms with E-state index < -0.39 is 18.0 Å². The van der Waals surface area contributed by atoms with Crippen LogP contribution in [0.15, 0.2) is 18.3 Å². The molecule has 1 aliphatic rings. The number of aromatic nitrogens is 1. The van der Waals surface area contributed by atoms with Gasteiger partial charge in [-0.3, -0.25) is 0 Å². The minimum absolute atomic E-state index is 0.416. The first-order valence-corrected chi connectivity index (χ1v) is 6.51. The van der Waals surface area contributed by atoms with Gasteiger partial charge in [0.1, 0.15) is 6.04 Å². The number of amides is 2. The van der Waals surface area contributed by atoms with E-state index in [-0.39, 0.29) is 0 Å². The van der Waals surface area contributed by atoms with Gasteiger partial charge in [0.05, 0.1) is 18.5 Å². The largest absolute Gasteiger partial charge is 0.480 e. The second-order valence-corrected chi connectivity index (χ2v) is 4.44. The lowest BCUT2D eigenvalue weighted by atomic mass is 10.2. The number of urea groups is 1. The first-order chi connectivity index (χ1) is 9.61. The fourth-order valence-corrected chi connectivity index (χ4v) is 2.15. The zero-order valence-electron chi connectivity index (χ0n) is 11.2. The van der Waals surface area contributed by atoms with Crippen molar-refractivity contribution in [3.63, 3.8) is 0 Å². The van der Waals surface area contributed by atoms with Crippen molar-refractivity contribution in [3.05, 3.63) is 18.3 Å². The predicted octanol–water partition coefficient (Wildman–Crippen LogP) is 1.56. The SMILES string of the molecule is CCOc1ccc(NC(=O)N2CCC[C@H]2C(=O)O)cn1. The quantitative estimate of drug-likeness (QED) is 0.872. The number of aliphatic carboxylic acids is 1. The molecule has 7 heteroatoms. The fourth-order valence-electron chi connectivity index (χ4n) is 2.15. The molecule has 1 saturated heterocycles.